The van der Waals surface area contributed by atoms with Crippen molar-refractivity contribution in [1.29, 1.82) is 0 Å². The lowest BCUT2D eigenvalue weighted by molar-refractivity contribution is -0.119. The van der Waals surface area contributed by atoms with Crippen molar-refractivity contribution in [2.45, 2.75) is 23.6 Å². The molecule has 0 saturated carbocycles. The number of sulfonamides is 1. The molecule has 0 saturated heterocycles. The Kier molecular flexibility index (Phi) is 8.08. The fraction of sp³-hybridized carbons (Fsp3) is 0.125. The topological polar surface area (TPSA) is 121 Å². The summed E-state index contributed by atoms with van der Waals surface area (Å²) < 4.78 is 27.5. The van der Waals surface area contributed by atoms with E-state index in [1.165, 1.54) is 67.2 Å². The van der Waals surface area contributed by atoms with E-state index < -0.39 is 15.9 Å². The number of hydrogen-bond donors (Lipinski definition) is 3. The van der Waals surface area contributed by atoms with Crippen molar-refractivity contribution in [2.75, 3.05) is 10.5 Å². The molecule has 2 amide bonds. The molecule has 0 atom stereocenters. The smallest absolute Gasteiger partial charge is 0.269 e. The highest BCUT2D eigenvalue weighted by molar-refractivity contribution is 8.00. The van der Waals surface area contributed by atoms with Crippen LogP contribution >= 0.6 is 11.8 Å². The number of nitrogens with one attached hydrogen (secondary N) is 3. The number of carbonyl (C=O) groups excluding carboxylic acids is 3. The van der Waals surface area contributed by atoms with Crippen LogP contribution in [-0.4, -0.2) is 31.8 Å². The molecular weight excluding hydrogens is 474 g/mol. The van der Waals surface area contributed by atoms with Gasteiger partial charge in [0, 0.05) is 21.7 Å². The van der Waals surface area contributed by atoms with Gasteiger partial charge in [0.15, 0.2) is 5.78 Å². The first-order valence-corrected chi connectivity index (χ1v) is 12.6. The van der Waals surface area contributed by atoms with Crippen molar-refractivity contribution in [3.05, 3.63) is 89.5 Å². The van der Waals surface area contributed by atoms with Gasteiger partial charge in [-0.15, -0.1) is 11.8 Å². The summed E-state index contributed by atoms with van der Waals surface area (Å²) in [5.74, 6) is -0.925. The van der Waals surface area contributed by atoms with Gasteiger partial charge >= 0.3 is 0 Å². The van der Waals surface area contributed by atoms with Gasteiger partial charge in [-0.2, -0.15) is 0 Å². The number of thioether (sulfide) groups is 1. The Bertz CT molecular complexity index is 1290. The third-order valence-corrected chi connectivity index (χ3v) is 7.09. The minimum Gasteiger partial charge on any atom is -0.295 e. The molecule has 0 radical (unpaired) electrons. The van der Waals surface area contributed by atoms with Crippen molar-refractivity contribution in [3.63, 3.8) is 0 Å². The number of carbonyl (C=O) groups is 3. The van der Waals surface area contributed by atoms with Gasteiger partial charge in [-0.05, 0) is 62.4 Å². The maximum Gasteiger partial charge on any atom is 0.269 e. The van der Waals surface area contributed by atoms with Crippen molar-refractivity contribution in [3.8, 4) is 0 Å². The van der Waals surface area contributed by atoms with Gasteiger partial charge in [-0.3, -0.25) is 30.0 Å². The monoisotopic (exact) mass is 497 g/mol. The first-order chi connectivity index (χ1) is 16.1. The molecule has 0 bridgehead atoms. The van der Waals surface area contributed by atoms with Gasteiger partial charge < -0.3 is 0 Å². The van der Waals surface area contributed by atoms with Gasteiger partial charge in [0.1, 0.15) is 0 Å². The summed E-state index contributed by atoms with van der Waals surface area (Å²) in [7, 11) is -3.86. The van der Waals surface area contributed by atoms with Crippen molar-refractivity contribution >= 4 is 45.1 Å². The quantitative estimate of drug-likeness (QED) is 0.249. The molecule has 0 spiro atoms. The van der Waals surface area contributed by atoms with Gasteiger partial charge in [0.2, 0.25) is 5.91 Å². The van der Waals surface area contributed by atoms with E-state index in [1.54, 1.807) is 0 Å². The van der Waals surface area contributed by atoms with E-state index in [4.69, 9.17) is 0 Å². The fourth-order valence-corrected chi connectivity index (χ4v) is 4.55. The average molecular weight is 498 g/mol. The second-order valence-corrected chi connectivity index (χ2v) is 10.1. The Morgan fingerprint density at radius 2 is 1.38 bits per heavy atom. The molecule has 10 heteroatoms. The van der Waals surface area contributed by atoms with Gasteiger partial charge in [0.05, 0.1) is 10.6 Å². The predicted octanol–water partition coefficient (Wildman–Crippen LogP) is 3.55. The number of benzene rings is 3. The molecule has 0 fully saturated rings. The van der Waals surface area contributed by atoms with Crippen LogP contribution in [0.1, 0.15) is 33.2 Å². The molecule has 3 aromatic rings. The Hall–Kier alpha value is -3.63. The predicted molar refractivity (Wildman–Crippen MR) is 131 cm³/mol. The van der Waals surface area contributed by atoms with Crippen LogP contribution in [0.25, 0.3) is 0 Å². The molecule has 0 aliphatic heterocycles. The largest absolute Gasteiger partial charge is 0.295 e. The number of amides is 2. The molecule has 0 aliphatic rings. The Balaban J connectivity index is 1.51. The number of aryl methyl sites for hydroxylation is 1. The summed E-state index contributed by atoms with van der Waals surface area (Å²) in [5.41, 5.74) is 6.72. The lowest BCUT2D eigenvalue weighted by Crippen LogP contribution is -2.42. The van der Waals surface area contributed by atoms with Crippen molar-refractivity contribution in [2.24, 2.45) is 0 Å². The Morgan fingerprint density at radius 1 is 0.794 bits per heavy atom. The van der Waals surface area contributed by atoms with Crippen LogP contribution in [0.2, 0.25) is 0 Å². The molecule has 3 N–H and O–H groups in total. The third kappa shape index (κ3) is 6.93. The highest BCUT2D eigenvalue weighted by Crippen LogP contribution is 2.19. The number of anilines is 1. The molecule has 0 aliphatic carbocycles. The maximum absolute atomic E-state index is 12.5. The molecule has 3 aromatic carbocycles. The highest BCUT2D eigenvalue weighted by Gasteiger charge is 2.15. The first kappa shape index (κ1) is 25.0. The molecule has 0 aromatic heterocycles. The number of hydrazine groups is 1. The van der Waals surface area contributed by atoms with Crippen molar-refractivity contribution in [1.82, 2.24) is 10.9 Å². The Labute approximate surface area is 202 Å². The normalized spacial score (nSPS) is 10.9. The summed E-state index contributed by atoms with van der Waals surface area (Å²) in [6.07, 6.45) is 0. The molecule has 8 nitrogen and oxygen atoms in total. The zero-order valence-corrected chi connectivity index (χ0v) is 20.1. The SMILES string of the molecule is CC(=O)c1ccc(S(=O)(=O)Nc2ccc(C(=O)NNC(=O)CSc3ccc(C)cc3)cc2)cc1. The lowest BCUT2D eigenvalue weighted by Gasteiger charge is -2.10. The molecule has 176 valence electrons. The van der Waals surface area contributed by atoms with Crippen LogP contribution in [0.5, 0.6) is 0 Å². The number of hydrogen-bond acceptors (Lipinski definition) is 6. The fourth-order valence-electron chi connectivity index (χ4n) is 2.79. The molecule has 3 rings (SSSR count). The first-order valence-electron chi connectivity index (χ1n) is 10.2. The molecular formula is C24H23N3O5S2. The third-order valence-electron chi connectivity index (χ3n) is 4.68. The van der Waals surface area contributed by atoms with Crippen LogP contribution < -0.4 is 15.6 Å². The van der Waals surface area contributed by atoms with Crippen LogP contribution in [0.15, 0.2) is 82.6 Å². The minimum absolute atomic E-state index is 0.00513. The van der Waals surface area contributed by atoms with Gasteiger partial charge in [-0.1, -0.05) is 29.8 Å². The summed E-state index contributed by atoms with van der Waals surface area (Å²) >= 11 is 1.35. The van der Waals surface area contributed by atoms with Crippen LogP contribution in [0.3, 0.4) is 0 Å². The zero-order valence-electron chi connectivity index (χ0n) is 18.5. The molecule has 0 unspecified atom stereocenters. The maximum atomic E-state index is 12.5. The van der Waals surface area contributed by atoms with E-state index in [2.05, 4.69) is 15.6 Å². The van der Waals surface area contributed by atoms with E-state index in [-0.39, 0.29) is 33.6 Å². The summed E-state index contributed by atoms with van der Waals surface area (Å²) in [5, 5.41) is 0. The summed E-state index contributed by atoms with van der Waals surface area (Å²) in [4.78, 5) is 36.5. The standard InChI is InChI=1S/C24H23N3O5S2/c1-16-3-11-21(12-4-16)33-15-23(29)25-26-24(30)19-5-9-20(10-6-19)27-34(31,32)22-13-7-18(8-14-22)17(2)28/h3-14,27H,15H2,1-2H3,(H,25,29)(H,26,30). The van der Waals surface area contributed by atoms with E-state index in [9.17, 15) is 22.8 Å². The van der Waals surface area contributed by atoms with E-state index in [0.717, 1.165) is 10.5 Å². The van der Waals surface area contributed by atoms with E-state index in [1.807, 2.05) is 31.2 Å². The number of rotatable bonds is 8. The van der Waals surface area contributed by atoms with Crippen LogP contribution in [0.4, 0.5) is 5.69 Å². The number of Topliss-reactive ketones (excluding diaryl/α,β-unsaturated/α-hetero) is 1. The average Bonchev–Trinajstić information content (AvgIpc) is 2.82. The second kappa shape index (κ2) is 11.0. The van der Waals surface area contributed by atoms with Crippen LogP contribution in [0, 0.1) is 6.92 Å². The molecule has 34 heavy (non-hydrogen) atoms. The van der Waals surface area contributed by atoms with Crippen molar-refractivity contribution < 1.29 is 22.8 Å². The summed E-state index contributed by atoms with van der Waals surface area (Å²) in [6, 6.07) is 19.1. The Morgan fingerprint density at radius 3 is 1.97 bits per heavy atom. The van der Waals surface area contributed by atoms with E-state index in [0.29, 0.717) is 5.56 Å². The lowest BCUT2D eigenvalue weighted by atomic mass is 10.2. The highest BCUT2D eigenvalue weighted by atomic mass is 32.2. The van der Waals surface area contributed by atoms with E-state index >= 15 is 0 Å². The van der Waals surface area contributed by atoms with Gasteiger partial charge in [-0.25, -0.2) is 8.42 Å². The second-order valence-electron chi connectivity index (χ2n) is 7.37. The summed E-state index contributed by atoms with van der Waals surface area (Å²) in [6.45, 7) is 3.38. The zero-order chi connectivity index (χ0) is 24.7. The minimum atomic E-state index is -3.86. The number of ketones is 1. The molecule has 0 heterocycles. The van der Waals surface area contributed by atoms with Crippen LogP contribution in [-0.2, 0) is 14.8 Å². The van der Waals surface area contributed by atoms with Gasteiger partial charge in [0.25, 0.3) is 15.9 Å².